The predicted octanol–water partition coefficient (Wildman–Crippen LogP) is 3.89. The number of benzene rings is 1. The quantitative estimate of drug-likeness (QED) is 0.487. The lowest BCUT2D eigenvalue weighted by Crippen LogP contribution is -2.15. The Bertz CT molecular complexity index is 964. The Labute approximate surface area is 159 Å². The van der Waals surface area contributed by atoms with E-state index >= 15 is 0 Å². The van der Waals surface area contributed by atoms with Crippen molar-refractivity contribution in [2.45, 2.75) is 13.0 Å². The van der Waals surface area contributed by atoms with Crippen molar-refractivity contribution in [1.29, 1.82) is 0 Å². The van der Waals surface area contributed by atoms with E-state index in [4.69, 9.17) is 18.6 Å². The first-order valence-electron chi connectivity index (χ1n) is 8.34. The van der Waals surface area contributed by atoms with Crippen molar-refractivity contribution < 1.29 is 23.4 Å². The lowest BCUT2D eigenvalue weighted by Gasteiger charge is -2.18. The summed E-state index contributed by atoms with van der Waals surface area (Å²) in [5.74, 6) is 1.52. The third-order valence-corrected chi connectivity index (χ3v) is 4.65. The fourth-order valence-electron chi connectivity index (χ4n) is 2.49. The van der Waals surface area contributed by atoms with Crippen LogP contribution >= 0.6 is 11.3 Å². The highest BCUT2D eigenvalue weighted by Gasteiger charge is 2.18. The monoisotopic (exact) mass is 384 g/mol. The molecule has 0 spiro atoms. The molecule has 0 saturated carbocycles. The molecule has 1 unspecified atom stereocenters. The minimum Gasteiger partial charge on any atom is -0.486 e. The van der Waals surface area contributed by atoms with Gasteiger partial charge in [0.15, 0.2) is 17.6 Å². The molecule has 4 rings (SSSR count). The normalized spacial score (nSPS) is 14.3. The Hall–Kier alpha value is -3.13. The maximum Gasteiger partial charge on any atom is 0.331 e. The smallest absolute Gasteiger partial charge is 0.331 e. The Kier molecular flexibility index (Phi) is 4.88. The summed E-state index contributed by atoms with van der Waals surface area (Å²) >= 11 is 1.50. The molecule has 0 radical (unpaired) electrons. The third kappa shape index (κ3) is 4.01. The molecular formula is C19H16N2O5S. The summed E-state index contributed by atoms with van der Waals surface area (Å²) in [6.07, 6.45) is 2.35. The highest BCUT2D eigenvalue weighted by Crippen LogP contribution is 2.31. The predicted molar refractivity (Wildman–Crippen MR) is 98.6 cm³/mol. The highest BCUT2D eigenvalue weighted by atomic mass is 32.1. The van der Waals surface area contributed by atoms with E-state index in [-0.39, 0.29) is 5.89 Å². The fourth-order valence-corrected chi connectivity index (χ4v) is 3.13. The van der Waals surface area contributed by atoms with E-state index in [1.54, 1.807) is 13.0 Å². The molecule has 0 bridgehead atoms. The lowest BCUT2D eigenvalue weighted by molar-refractivity contribution is -0.143. The minimum atomic E-state index is -0.649. The number of ether oxygens (including phenoxy) is 3. The van der Waals surface area contributed by atoms with Crippen molar-refractivity contribution in [2.24, 2.45) is 0 Å². The summed E-state index contributed by atoms with van der Waals surface area (Å²) in [6.45, 7) is 2.73. The maximum atomic E-state index is 12.1. The molecule has 27 heavy (non-hydrogen) atoms. The number of thiophene rings is 1. The Morgan fingerprint density at radius 2 is 2.07 bits per heavy atom. The summed E-state index contributed by atoms with van der Waals surface area (Å²) in [4.78, 5) is 12.9. The zero-order valence-electron chi connectivity index (χ0n) is 14.5. The zero-order valence-corrected chi connectivity index (χ0v) is 15.3. The van der Waals surface area contributed by atoms with Crippen LogP contribution in [0.25, 0.3) is 16.8 Å². The van der Waals surface area contributed by atoms with Crippen LogP contribution < -0.4 is 9.47 Å². The van der Waals surface area contributed by atoms with Crippen LogP contribution in [-0.4, -0.2) is 29.4 Å². The Balaban J connectivity index is 1.38. The van der Waals surface area contributed by atoms with E-state index in [1.807, 2.05) is 35.7 Å². The van der Waals surface area contributed by atoms with Crippen LogP contribution in [0.3, 0.4) is 0 Å². The van der Waals surface area contributed by atoms with Gasteiger partial charge in [-0.25, -0.2) is 4.79 Å². The SMILES string of the molecule is CC(OC(=O)/C=C/c1ccc2c(c1)OCCO2)c1nnc(-c2cccs2)o1. The van der Waals surface area contributed by atoms with Crippen LogP contribution in [0.4, 0.5) is 0 Å². The zero-order chi connectivity index (χ0) is 18.6. The van der Waals surface area contributed by atoms with Gasteiger partial charge in [0.2, 0.25) is 0 Å². The van der Waals surface area contributed by atoms with E-state index in [0.29, 0.717) is 30.6 Å². The molecule has 1 atom stereocenters. The number of nitrogens with zero attached hydrogens (tertiary/aromatic N) is 2. The molecule has 0 fully saturated rings. The average molecular weight is 384 g/mol. The van der Waals surface area contributed by atoms with Gasteiger partial charge in [-0.3, -0.25) is 0 Å². The van der Waals surface area contributed by atoms with Crippen LogP contribution in [0.1, 0.15) is 24.5 Å². The molecule has 3 heterocycles. The van der Waals surface area contributed by atoms with Gasteiger partial charge in [-0.2, -0.15) is 0 Å². The van der Waals surface area contributed by atoms with Crippen LogP contribution in [0.2, 0.25) is 0 Å². The largest absolute Gasteiger partial charge is 0.486 e. The van der Waals surface area contributed by atoms with Crippen LogP contribution in [0.5, 0.6) is 11.5 Å². The van der Waals surface area contributed by atoms with Crippen LogP contribution in [0, 0.1) is 0 Å². The van der Waals surface area contributed by atoms with Crippen molar-refractivity contribution >= 4 is 23.4 Å². The number of esters is 1. The molecule has 2 aromatic heterocycles. The van der Waals surface area contributed by atoms with E-state index in [0.717, 1.165) is 10.4 Å². The van der Waals surface area contributed by atoms with E-state index in [2.05, 4.69) is 10.2 Å². The summed E-state index contributed by atoms with van der Waals surface area (Å²) in [5, 5.41) is 9.85. The molecule has 1 aromatic carbocycles. The van der Waals surface area contributed by atoms with Gasteiger partial charge in [0.1, 0.15) is 13.2 Å². The van der Waals surface area contributed by atoms with Gasteiger partial charge >= 0.3 is 5.97 Å². The topological polar surface area (TPSA) is 83.7 Å². The highest BCUT2D eigenvalue weighted by molar-refractivity contribution is 7.13. The van der Waals surface area contributed by atoms with Gasteiger partial charge in [-0.05, 0) is 42.1 Å². The first-order valence-corrected chi connectivity index (χ1v) is 9.22. The van der Waals surface area contributed by atoms with Gasteiger partial charge in [0.25, 0.3) is 11.8 Å². The van der Waals surface area contributed by atoms with Crippen molar-refractivity contribution in [2.75, 3.05) is 13.2 Å². The van der Waals surface area contributed by atoms with Gasteiger partial charge in [-0.1, -0.05) is 12.1 Å². The number of hydrogen-bond donors (Lipinski definition) is 0. The molecule has 0 aliphatic carbocycles. The summed E-state index contributed by atoms with van der Waals surface area (Å²) in [5.41, 5.74) is 0.807. The first kappa shape index (κ1) is 17.3. The number of carbonyl (C=O) groups excluding carboxylic acids is 1. The van der Waals surface area contributed by atoms with Crippen LogP contribution in [0.15, 0.2) is 46.2 Å². The molecule has 0 N–H and O–H groups in total. The molecule has 3 aromatic rings. The maximum absolute atomic E-state index is 12.1. The molecule has 7 nitrogen and oxygen atoms in total. The number of aromatic nitrogens is 2. The third-order valence-electron chi connectivity index (χ3n) is 3.79. The first-order chi connectivity index (χ1) is 13.2. The van der Waals surface area contributed by atoms with Crippen molar-refractivity contribution in [1.82, 2.24) is 10.2 Å². The number of rotatable bonds is 5. The van der Waals surface area contributed by atoms with Gasteiger partial charge < -0.3 is 18.6 Å². The second-order valence-electron chi connectivity index (χ2n) is 5.74. The van der Waals surface area contributed by atoms with Crippen LogP contribution in [-0.2, 0) is 9.53 Å². The molecule has 8 heteroatoms. The molecule has 138 valence electrons. The summed E-state index contributed by atoms with van der Waals surface area (Å²) in [6, 6.07) is 9.25. The van der Waals surface area contributed by atoms with Crippen molar-refractivity contribution in [3.63, 3.8) is 0 Å². The van der Waals surface area contributed by atoms with Gasteiger partial charge in [-0.15, -0.1) is 21.5 Å². The second kappa shape index (κ2) is 7.63. The van der Waals surface area contributed by atoms with E-state index < -0.39 is 12.1 Å². The Morgan fingerprint density at radius 1 is 1.22 bits per heavy atom. The van der Waals surface area contributed by atoms with Gasteiger partial charge in [0.05, 0.1) is 4.88 Å². The average Bonchev–Trinajstić information content (AvgIpc) is 3.37. The standard InChI is InChI=1S/C19H16N2O5S/c1-12(18-20-21-19(26-18)16-3-2-10-27-16)25-17(22)7-5-13-4-6-14-15(11-13)24-9-8-23-14/h2-7,10-12H,8-9H2,1H3/b7-5+. The second-order valence-corrected chi connectivity index (χ2v) is 6.69. The van der Waals surface area contributed by atoms with Crippen molar-refractivity contribution in [3.8, 4) is 22.3 Å². The fraction of sp³-hybridized carbons (Fsp3) is 0.211. The van der Waals surface area contributed by atoms with Crippen molar-refractivity contribution in [3.05, 3.63) is 53.2 Å². The lowest BCUT2D eigenvalue weighted by atomic mass is 10.2. The van der Waals surface area contributed by atoms with E-state index in [1.165, 1.54) is 17.4 Å². The minimum absolute atomic E-state index is 0.250. The summed E-state index contributed by atoms with van der Waals surface area (Å²) in [7, 11) is 0. The molecule has 0 saturated heterocycles. The molecule has 1 aliphatic heterocycles. The number of carbonyl (C=O) groups is 1. The molecule has 1 aliphatic rings. The summed E-state index contributed by atoms with van der Waals surface area (Å²) < 4.78 is 21.9. The van der Waals surface area contributed by atoms with E-state index in [9.17, 15) is 4.79 Å². The molecular weight excluding hydrogens is 368 g/mol. The Morgan fingerprint density at radius 3 is 2.89 bits per heavy atom. The molecule has 0 amide bonds. The van der Waals surface area contributed by atoms with Gasteiger partial charge in [0, 0.05) is 6.08 Å². The number of hydrogen-bond acceptors (Lipinski definition) is 8. The number of fused-ring (bicyclic) bond motifs is 1.